The van der Waals surface area contributed by atoms with E-state index in [1.807, 2.05) is 110 Å². The van der Waals surface area contributed by atoms with E-state index in [4.69, 9.17) is 37.9 Å². The number of amides is 1. The highest BCUT2D eigenvalue weighted by molar-refractivity contribution is 6.42. The highest BCUT2D eigenvalue weighted by Crippen LogP contribution is 2.38. The van der Waals surface area contributed by atoms with E-state index < -0.39 is 24.2 Å². The number of carbonyl (C=O) groups excluding carboxylic acids is 2. The minimum absolute atomic E-state index is 0.0857. The van der Waals surface area contributed by atoms with Gasteiger partial charge in [0.25, 0.3) is 0 Å². The number of hydrogen-bond acceptors (Lipinski definition) is 7. The smallest absolute Gasteiger partial charge is 0.326 e. The van der Waals surface area contributed by atoms with Gasteiger partial charge in [0.2, 0.25) is 5.91 Å². The SMILES string of the molecule is Cc1ccccc1CN1Cc2cc3c(cc2C[C@H]1C(=O)N[C@@H](Cc1ccc(-c2ccc(C#N)cc2)cc1)C(=O)O)CC(=O)C(c1ccc(OCc2ccc(Cl)c(Cl)c2)cc1)O3. The number of nitrogens with zero attached hydrogens (tertiary/aromatic N) is 2. The van der Waals surface area contributed by atoms with E-state index in [2.05, 4.69) is 16.3 Å². The van der Waals surface area contributed by atoms with E-state index in [1.54, 1.807) is 24.3 Å². The van der Waals surface area contributed by atoms with Crippen LogP contribution in [0.4, 0.5) is 0 Å². The number of hydrogen-bond donors (Lipinski definition) is 2. The van der Waals surface area contributed by atoms with Crippen LogP contribution in [0.3, 0.4) is 0 Å². The van der Waals surface area contributed by atoms with Gasteiger partial charge in [0.05, 0.1) is 27.7 Å². The maximum atomic E-state index is 14.3. The molecule has 0 aromatic heterocycles. The van der Waals surface area contributed by atoms with Crippen LogP contribution in [0.1, 0.15) is 56.2 Å². The Labute approximate surface area is 364 Å². The number of aryl methyl sites for hydroxylation is 1. The molecule has 3 atom stereocenters. The number of carboxylic acid groups (broad SMARTS) is 1. The zero-order chi connectivity index (χ0) is 42.6. The maximum Gasteiger partial charge on any atom is 0.326 e. The van der Waals surface area contributed by atoms with Gasteiger partial charge < -0.3 is 19.9 Å². The number of benzene rings is 6. The first-order valence-electron chi connectivity index (χ1n) is 19.9. The van der Waals surface area contributed by atoms with E-state index in [-0.39, 0.29) is 24.5 Å². The average molecular weight is 851 g/mol. The summed E-state index contributed by atoms with van der Waals surface area (Å²) in [6, 6.07) is 39.7. The van der Waals surface area contributed by atoms with Gasteiger partial charge in [0.15, 0.2) is 11.9 Å². The molecule has 0 saturated heterocycles. The van der Waals surface area contributed by atoms with Gasteiger partial charge in [-0.15, -0.1) is 0 Å². The number of nitrogens with one attached hydrogen (secondary N) is 1. The number of ketones is 1. The van der Waals surface area contributed by atoms with Gasteiger partial charge in [-0.2, -0.15) is 5.26 Å². The van der Waals surface area contributed by atoms with Gasteiger partial charge in [0.1, 0.15) is 24.1 Å². The molecule has 0 aliphatic carbocycles. The van der Waals surface area contributed by atoms with Crippen LogP contribution in [-0.4, -0.2) is 39.7 Å². The molecule has 2 aliphatic heterocycles. The first-order chi connectivity index (χ1) is 29.5. The fourth-order valence-electron chi connectivity index (χ4n) is 7.94. The molecule has 0 spiro atoms. The minimum Gasteiger partial charge on any atom is -0.489 e. The van der Waals surface area contributed by atoms with Crippen LogP contribution in [0.25, 0.3) is 11.1 Å². The van der Waals surface area contributed by atoms with Gasteiger partial charge in [-0.3, -0.25) is 14.5 Å². The summed E-state index contributed by atoms with van der Waals surface area (Å²) < 4.78 is 12.4. The van der Waals surface area contributed by atoms with Crippen molar-refractivity contribution in [3.05, 3.63) is 188 Å². The van der Waals surface area contributed by atoms with Crippen molar-refractivity contribution < 1.29 is 29.0 Å². The standard InChI is InChI=1S/C50H41Cl2N3O6/c1-30-4-2-3-5-37(30)27-55-28-40-25-47-39(24-46(56)48(61-47)36-15-17-41(18-16-36)60-29-33-10-19-42(51)43(52)20-33)22-38(40)23-45(55)49(57)54-44(50(58)59)21-31-6-11-34(12-7-31)35-13-8-32(26-53)9-14-35/h2-20,22,25,44-45,48H,21,23-24,27-29H2,1H3,(H,54,57)(H,58,59)/t44-,45-,48?/m0/s1. The summed E-state index contributed by atoms with van der Waals surface area (Å²) in [7, 11) is 0. The lowest BCUT2D eigenvalue weighted by Crippen LogP contribution is -2.54. The molecule has 8 rings (SSSR count). The van der Waals surface area contributed by atoms with Crippen molar-refractivity contribution in [2.75, 3.05) is 0 Å². The second-order valence-corrected chi connectivity index (χ2v) is 16.3. The largest absolute Gasteiger partial charge is 0.489 e. The summed E-state index contributed by atoms with van der Waals surface area (Å²) in [5.41, 5.74) is 9.57. The van der Waals surface area contributed by atoms with Crippen molar-refractivity contribution in [3.8, 4) is 28.7 Å². The first kappa shape index (κ1) is 41.3. The molecule has 61 heavy (non-hydrogen) atoms. The minimum atomic E-state index is -1.16. The summed E-state index contributed by atoms with van der Waals surface area (Å²) in [4.78, 5) is 42.5. The van der Waals surface area contributed by atoms with Crippen molar-refractivity contribution in [3.63, 3.8) is 0 Å². The number of aliphatic carboxylic acids is 1. The Morgan fingerprint density at radius 2 is 1.57 bits per heavy atom. The Bertz CT molecular complexity index is 2660. The Morgan fingerprint density at radius 1 is 0.869 bits per heavy atom. The topological polar surface area (TPSA) is 129 Å². The summed E-state index contributed by atoms with van der Waals surface area (Å²) in [5.74, 6) is -0.341. The second-order valence-electron chi connectivity index (χ2n) is 15.5. The molecule has 306 valence electrons. The highest BCUT2D eigenvalue weighted by atomic mass is 35.5. The normalized spacial score (nSPS) is 16.3. The third kappa shape index (κ3) is 9.48. The lowest BCUT2D eigenvalue weighted by molar-refractivity contribution is -0.142. The number of fused-ring (bicyclic) bond motifs is 2. The Balaban J connectivity index is 0.984. The van der Waals surface area contributed by atoms with Crippen LogP contribution in [0.2, 0.25) is 10.0 Å². The van der Waals surface area contributed by atoms with E-state index in [0.717, 1.165) is 50.1 Å². The number of halogens is 2. The van der Waals surface area contributed by atoms with E-state index in [0.29, 0.717) is 58.8 Å². The lowest BCUT2D eigenvalue weighted by atomic mass is 9.87. The number of nitriles is 1. The number of carbonyl (C=O) groups is 3. The van der Waals surface area contributed by atoms with Crippen LogP contribution in [-0.2, 0) is 53.3 Å². The van der Waals surface area contributed by atoms with Crippen molar-refractivity contribution in [1.82, 2.24) is 10.2 Å². The molecule has 1 amide bonds. The van der Waals surface area contributed by atoms with Gasteiger partial charge in [0, 0.05) is 37.1 Å². The fraction of sp³-hybridized carbons (Fsp3) is 0.200. The van der Waals surface area contributed by atoms with Crippen molar-refractivity contribution in [1.29, 1.82) is 5.26 Å². The zero-order valence-corrected chi connectivity index (χ0v) is 34.7. The van der Waals surface area contributed by atoms with Crippen LogP contribution in [0.15, 0.2) is 127 Å². The molecule has 0 radical (unpaired) electrons. The molecule has 6 aromatic carbocycles. The van der Waals surface area contributed by atoms with Crippen LogP contribution in [0.5, 0.6) is 11.5 Å². The molecule has 2 N–H and O–H groups in total. The summed E-state index contributed by atoms with van der Waals surface area (Å²) in [6.07, 6.45) is -0.205. The molecule has 0 fully saturated rings. The maximum absolute atomic E-state index is 14.3. The molecule has 0 saturated carbocycles. The van der Waals surface area contributed by atoms with E-state index in [9.17, 15) is 19.5 Å². The average Bonchev–Trinajstić information content (AvgIpc) is 3.26. The predicted molar refractivity (Wildman–Crippen MR) is 234 cm³/mol. The van der Waals surface area contributed by atoms with Crippen molar-refractivity contribution in [2.24, 2.45) is 0 Å². The number of Topliss-reactive ketones (excluding diaryl/α,β-unsaturated/α-hetero) is 1. The molecular weight excluding hydrogens is 809 g/mol. The van der Waals surface area contributed by atoms with Gasteiger partial charge in [-0.05, 0) is 100 Å². The number of rotatable bonds is 12. The quantitative estimate of drug-likeness (QED) is 0.125. The summed E-state index contributed by atoms with van der Waals surface area (Å²) in [5, 5.41) is 23.2. The Kier molecular flexibility index (Phi) is 12.2. The molecule has 2 heterocycles. The molecule has 9 nitrogen and oxygen atoms in total. The third-order valence-corrected chi connectivity index (χ3v) is 12.1. The highest BCUT2D eigenvalue weighted by Gasteiger charge is 2.37. The fourth-order valence-corrected chi connectivity index (χ4v) is 8.26. The molecule has 11 heteroatoms. The molecule has 0 bridgehead atoms. The predicted octanol–water partition coefficient (Wildman–Crippen LogP) is 9.40. The van der Waals surface area contributed by atoms with Crippen LogP contribution >= 0.6 is 23.2 Å². The molecule has 1 unspecified atom stereocenters. The lowest BCUT2D eigenvalue weighted by Gasteiger charge is -2.38. The second kappa shape index (κ2) is 18.0. The van der Waals surface area contributed by atoms with Crippen LogP contribution < -0.4 is 14.8 Å². The molecule has 2 aliphatic rings. The molecule has 6 aromatic rings. The van der Waals surface area contributed by atoms with Crippen molar-refractivity contribution in [2.45, 2.75) is 64.1 Å². The third-order valence-electron chi connectivity index (χ3n) is 11.4. The monoisotopic (exact) mass is 849 g/mol. The number of ether oxygens (including phenoxy) is 2. The number of carboxylic acids is 1. The van der Waals surface area contributed by atoms with E-state index >= 15 is 0 Å². The van der Waals surface area contributed by atoms with Gasteiger partial charge >= 0.3 is 5.97 Å². The Hall–Kier alpha value is -6.44. The molecular formula is C50H41Cl2N3O6. The van der Waals surface area contributed by atoms with Crippen LogP contribution in [0, 0.1) is 18.3 Å². The van der Waals surface area contributed by atoms with Crippen molar-refractivity contribution >= 4 is 40.9 Å². The Morgan fingerprint density at radius 3 is 2.26 bits per heavy atom. The first-order valence-corrected chi connectivity index (χ1v) is 20.7. The summed E-state index contributed by atoms with van der Waals surface area (Å²) in [6.45, 7) is 3.22. The van der Waals surface area contributed by atoms with E-state index in [1.165, 1.54) is 0 Å². The van der Waals surface area contributed by atoms with Gasteiger partial charge in [-0.25, -0.2) is 4.79 Å². The zero-order valence-electron chi connectivity index (χ0n) is 33.2. The summed E-state index contributed by atoms with van der Waals surface area (Å²) >= 11 is 12.2. The van der Waals surface area contributed by atoms with Gasteiger partial charge in [-0.1, -0.05) is 108 Å².